The Hall–Kier alpha value is -4.19. The fourth-order valence-corrected chi connectivity index (χ4v) is 4.69. The topological polar surface area (TPSA) is 61.4 Å². The molecule has 3 aromatic carbocycles. The Balaban J connectivity index is 1.68. The van der Waals surface area contributed by atoms with Crippen LogP contribution in [0.15, 0.2) is 108 Å². The maximum atomic E-state index is 13.9. The highest BCUT2D eigenvalue weighted by Crippen LogP contribution is 2.43. The van der Waals surface area contributed by atoms with Gasteiger partial charge in [0.1, 0.15) is 11.6 Å². The van der Waals surface area contributed by atoms with Crippen LogP contribution in [0.25, 0.3) is 0 Å². The lowest BCUT2D eigenvalue weighted by molar-refractivity contribution is -0.113. The molecule has 5 rings (SSSR count). The van der Waals surface area contributed by atoms with E-state index in [9.17, 15) is 14.0 Å². The summed E-state index contributed by atoms with van der Waals surface area (Å²) in [4.78, 5) is 29.6. The Morgan fingerprint density at radius 2 is 1.56 bits per heavy atom. The Morgan fingerprint density at radius 3 is 2.24 bits per heavy atom. The van der Waals surface area contributed by atoms with Gasteiger partial charge in [-0.05, 0) is 36.8 Å². The third-order valence-corrected chi connectivity index (χ3v) is 6.29. The van der Waals surface area contributed by atoms with Crippen LogP contribution in [0.1, 0.15) is 28.8 Å². The molecule has 6 heteroatoms. The first kappa shape index (κ1) is 21.6. The third-order valence-electron chi connectivity index (χ3n) is 6.29. The Morgan fingerprint density at radius 1 is 0.912 bits per heavy atom. The number of halogens is 1. The number of fused-ring (bicyclic) bond motifs is 1. The van der Waals surface area contributed by atoms with Gasteiger partial charge in [0.05, 0.1) is 5.57 Å². The van der Waals surface area contributed by atoms with E-state index in [1.165, 1.54) is 12.1 Å². The van der Waals surface area contributed by atoms with Gasteiger partial charge in [-0.3, -0.25) is 9.59 Å². The van der Waals surface area contributed by atoms with Crippen LogP contribution in [-0.2, 0) is 4.79 Å². The number of anilines is 1. The van der Waals surface area contributed by atoms with E-state index in [1.807, 2.05) is 60.4 Å². The zero-order valence-electron chi connectivity index (χ0n) is 18.7. The van der Waals surface area contributed by atoms with E-state index >= 15 is 0 Å². The van der Waals surface area contributed by atoms with E-state index < -0.39 is 5.92 Å². The molecule has 2 heterocycles. The van der Waals surface area contributed by atoms with Gasteiger partial charge < -0.3 is 15.5 Å². The lowest BCUT2D eigenvalue weighted by atomic mass is 9.77. The molecule has 0 bridgehead atoms. The second kappa shape index (κ2) is 8.98. The van der Waals surface area contributed by atoms with Crippen molar-refractivity contribution in [2.24, 2.45) is 0 Å². The number of rotatable bonds is 5. The molecular weight excluding hydrogens is 429 g/mol. The van der Waals surface area contributed by atoms with Crippen molar-refractivity contribution >= 4 is 17.4 Å². The first-order chi connectivity index (χ1) is 16.5. The predicted octanol–water partition coefficient (Wildman–Crippen LogP) is 4.84. The van der Waals surface area contributed by atoms with Gasteiger partial charge in [0.25, 0.3) is 5.91 Å². The normalized spacial score (nSPS) is 17.4. The highest BCUT2D eigenvalue weighted by atomic mass is 19.1. The summed E-state index contributed by atoms with van der Waals surface area (Å²) in [6.45, 7) is 3.19. The van der Waals surface area contributed by atoms with Gasteiger partial charge in [-0.2, -0.15) is 0 Å². The van der Waals surface area contributed by atoms with Crippen LogP contribution in [-0.4, -0.2) is 29.7 Å². The van der Waals surface area contributed by atoms with E-state index in [4.69, 9.17) is 0 Å². The van der Waals surface area contributed by atoms with Gasteiger partial charge in [-0.1, -0.05) is 60.7 Å². The Labute approximate surface area is 197 Å². The number of amides is 1. The Bertz CT molecular complexity index is 1300. The summed E-state index contributed by atoms with van der Waals surface area (Å²) in [5.74, 6) is -0.783. The van der Waals surface area contributed by atoms with Crippen molar-refractivity contribution < 1.29 is 14.0 Å². The average molecular weight is 454 g/mol. The van der Waals surface area contributed by atoms with Gasteiger partial charge in [-0.25, -0.2) is 4.39 Å². The van der Waals surface area contributed by atoms with Crippen molar-refractivity contribution in [2.75, 3.05) is 18.4 Å². The van der Waals surface area contributed by atoms with Crippen molar-refractivity contribution in [1.82, 2.24) is 10.2 Å². The lowest BCUT2D eigenvalue weighted by Crippen LogP contribution is -2.36. The molecule has 1 amide bonds. The van der Waals surface area contributed by atoms with Crippen molar-refractivity contribution in [3.05, 3.63) is 125 Å². The Kier molecular flexibility index (Phi) is 5.72. The number of hydrogen-bond acceptors (Lipinski definition) is 4. The molecule has 0 aromatic heterocycles. The molecule has 0 radical (unpaired) electrons. The van der Waals surface area contributed by atoms with E-state index in [1.54, 1.807) is 24.3 Å². The molecule has 5 nitrogen and oxygen atoms in total. The number of carbonyl (C=O) groups excluding carboxylic acids is 2. The molecule has 3 aromatic rings. The number of benzene rings is 3. The smallest absolute Gasteiger partial charge is 0.254 e. The molecule has 170 valence electrons. The maximum Gasteiger partial charge on any atom is 0.254 e. The van der Waals surface area contributed by atoms with Crippen LogP contribution in [0.4, 0.5) is 10.1 Å². The van der Waals surface area contributed by atoms with E-state index in [2.05, 4.69) is 10.6 Å². The lowest BCUT2D eigenvalue weighted by Gasteiger charge is -2.35. The van der Waals surface area contributed by atoms with Crippen molar-refractivity contribution in [3.8, 4) is 0 Å². The molecule has 2 aliphatic rings. The number of para-hydroxylation sites is 1. The molecule has 2 aliphatic heterocycles. The summed E-state index contributed by atoms with van der Waals surface area (Å²) in [6, 6.07) is 24.3. The summed E-state index contributed by atoms with van der Waals surface area (Å²) >= 11 is 0. The fourth-order valence-electron chi connectivity index (χ4n) is 4.69. The SMILES string of the molecule is CC1=C(C(=O)Nc2ccccc2)C(c2ccc(F)cc2)C(C(=O)c2ccccc2)=C2NCCN12. The van der Waals surface area contributed by atoms with Gasteiger partial charge in [0, 0.05) is 41.5 Å². The summed E-state index contributed by atoms with van der Waals surface area (Å²) < 4.78 is 13.8. The van der Waals surface area contributed by atoms with Crippen LogP contribution in [0.2, 0.25) is 0 Å². The number of allylic oxidation sites excluding steroid dienone is 2. The van der Waals surface area contributed by atoms with E-state index in [-0.39, 0.29) is 17.5 Å². The molecule has 1 saturated heterocycles. The highest BCUT2D eigenvalue weighted by molar-refractivity contribution is 6.14. The van der Waals surface area contributed by atoms with E-state index in [0.717, 1.165) is 5.70 Å². The zero-order valence-corrected chi connectivity index (χ0v) is 18.7. The quantitative estimate of drug-likeness (QED) is 0.543. The number of nitrogens with zero attached hydrogens (tertiary/aromatic N) is 1. The van der Waals surface area contributed by atoms with Gasteiger partial charge in [0.15, 0.2) is 5.78 Å². The predicted molar refractivity (Wildman–Crippen MR) is 129 cm³/mol. The fraction of sp³-hybridized carbons (Fsp3) is 0.143. The molecule has 1 fully saturated rings. The highest BCUT2D eigenvalue weighted by Gasteiger charge is 2.42. The van der Waals surface area contributed by atoms with Crippen molar-refractivity contribution in [2.45, 2.75) is 12.8 Å². The van der Waals surface area contributed by atoms with Crippen LogP contribution >= 0.6 is 0 Å². The number of ketones is 1. The summed E-state index contributed by atoms with van der Waals surface area (Å²) in [5, 5.41) is 6.34. The molecule has 0 spiro atoms. The summed E-state index contributed by atoms with van der Waals surface area (Å²) in [6.07, 6.45) is 0. The van der Waals surface area contributed by atoms with Crippen LogP contribution in [0, 0.1) is 5.82 Å². The molecule has 0 saturated carbocycles. The zero-order chi connectivity index (χ0) is 23.7. The molecule has 1 atom stereocenters. The summed E-state index contributed by atoms with van der Waals surface area (Å²) in [5.41, 5.74) is 3.61. The van der Waals surface area contributed by atoms with Gasteiger partial charge in [0.2, 0.25) is 0 Å². The first-order valence-corrected chi connectivity index (χ1v) is 11.2. The van der Waals surface area contributed by atoms with Gasteiger partial charge in [-0.15, -0.1) is 0 Å². The van der Waals surface area contributed by atoms with Crippen molar-refractivity contribution in [1.29, 1.82) is 0 Å². The maximum absolute atomic E-state index is 13.9. The number of carbonyl (C=O) groups is 2. The van der Waals surface area contributed by atoms with Crippen LogP contribution in [0.3, 0.4) is 0 Å². The number of hydrogen-bond donors (Lipinski definition) is 2. The summed E-state index contributed by atoms with van der Waals surface area (Å²) in [7, 11) is 0. The standard InChI is InChI=1S/C28H24FN3O2/c1-18-23(28(34)31-22-10-6-3-7-11-22)24(19-12-14-21(29)15-13-19)25(27-30-16-17-32(18)27)26(33)20-8-4-2-5-9-20/h2-15,24,30H,16-17H2,1H3,(H,31,34). The minimum Gasteiger partial charge on any atom is -0.369 e. The monoisotopic (exact) mass is 453 g/mol. The number of Topliss-reactive ketones (excluding diaryl/α,β-unsaturated/α-hetero) is 1. The molecule has 34 heavy (non-hydrogen) atoms. The minimum absolute atomic E-state index is 0.165. The largest absolute Gasteiger partial charge is 0.369 e. The van der Waals surface area contributed by atoms with Gasteiger partial charge >= 0.3 is 0 Å². The second-order valence-corrected chi connectivity index (χ2v) is 8.34. The first-order valence-electron chi connectivity index (χ1n) is 11.2. The number of nitrogens with one attached hydrogen (secondary N) is 2. The average Bonchev–Trinajstić information content (AvgIpc) is 3.35. The van der Waals surface area contributed by atoms with Crippen LogP contribution in [0.5, 0.6) is 0 Å². The third kappa shape index (κ3) is 3.88. The van der Waals surface area contributed by atoms with E-state index in [0.29, 0.717) is 46.9 Å². The minimum atomic E-state index is -0.658. The van der Waals surface area contributed by atoms with Crippen LogP contribution < -0.4 is 10.6 Å². The molecular formula is C28H24FN3O2. The molecule has 1 unspecified atom stereocenters. The second-order valence-electron chi connectivity index (χ2n) is 8.34. The molecule has 0 aliphatic carbocycles. The molecule has 2 N–H and O–H groups in total. The van der Waals surface area contributed by atoms with Crippen molar-refractivity contribution in [3.63, 3.8) is 0 Å².